The van der Waals surface area contributed by atoms with Crippen LogP contribution in [0, 0.1) is 0 Å². The first kappa shape index (κ1) is 10.7. The minimum atomic E-state index is 0.702. The van der Waals surface area contributed by atoms with Crippen LogP contribution < -0.4 is 4.74 Å². The van der Waals surface area contributed by atoms with E-state index in [-0.39, 0.29) is 0 Å². The fourth-order valence-electron chi connectivity index (χ4n) is 1.60. The molecule has 0 fully saturated rings. The molecule has 2 aromatic carbocycles. The average Bonchev–Trinajstić information content (AvgIpc) is 2.28. The molecule has 0 aliphatic rings. The molecule has 0 atom stereocenters. The third-order valence-corrected chi connectivity index (χ3v) is 2.52. The van der Waals surface area contributed by atoms with Crippen LogP contribution >= 0.6 is 0 Å². The molecule has 0 saturated heterocycles. The lowest BCUT2D eigenvalue weighted by Gasteiger charge is -2.07. The normalized spacial score (nSPS) is 10.3. The van der Waals surface area contributed by atoms with Gasteiger partial charge in [-0.05, 0) is 29.8 Å². The molecule has 16 heavy (non-hydrogen) atoms. The molecule has 0 aliphatic heterocycles. The molecule has 0 heterocycles. The minimum Gasteiger partial charge on any atom is -0.493 e. The molecule has 82 valence electrons. The van der Waals surface area contributed by atoms with Gasteiger partial charge in [0.05, 0.1) is 6.61 Å². The number of fused-ring (bicyclic) bond motifs is 1. The molecule has 0 N–H and O–H groups in total. The van der Waals surface area contributed by atoms with Crippen molar-refractivity contribution < 1.29 is 4.74 Å². The fourth-order valence-corrected chi connectivity index (χ4v) is 1.60. The first-order chi connectivity index (χ1) is 7.75. The Kier molecular flexibility index (Phi) is 3.25. The Morgan fingerprint density at radius 2 is 1.88 bits per heavy atom. The van der Waals surface area contributed by atoms with Crippen molar-refractivity contribution in [3.05, 3.63) is 54.6 Å². The molecule has 2 aromatic rings. The SMILES string of the molecule is C=C(C)CCOc1ccc2ccccc2c1. The number of benzene rings is 2. The van der Waals surface area contributed by atoms with Gasteiger partial charge in [0.2, 0.25) is 0 Å². The zero-order chi connectivity index (χ0) is 11.4. The third kappa shape index (κ3) is 2.63. The van der Waals surface area contributed by atoms with Crippen LogP contribution in [0.3, 0.4) is 0 Å². The van der Waals surface area contributed by atoms with E-state index in [1.165, 1.54) is 10.8 Å². The molecular weight excluding hydrogens is 196 g/mol. The van der Waals surface area contributed by atoms with Crippen LogP contribution in [0.4, 0.5) is 0 Å². The summed E-state index contributed by atoms with van der Waals surface area (Å²) in [6.45, 7) is 6.58. The number of hydrogen-bond acceptors (Lipinski definition) is 1. The number of rotatable bonds is 4. The Morgan fingerprint density at radius 1 is 1.12 bits per heavy atom. The summed E-state index contributed by atoms with van der Waals surface area (Å²) in [6.07, 6.45) is 0.910. The van der Waals surface area contributed by atoms with Gasteiger partial charge in [0.25, 0.3) is 0 Å². The Bertz CT molecular complexity index is 500. The Hall–Kier alpha value is -1.76. The van der Waals surface area contributed by atoms with Crippen LogP contribution in [0.1, 0.15) is 13.3 Å². The topological polar surface area (TPSA) is 9.23 Å². The van der Waals surface area contributed by atoms with Crippen molar-refractivity contribution in [2.24, 2.45) is 0 Å². The second kappa shape index (κ2) is 4.84. The predicted octanol–water partition coefficient (Wildman–Crippen LogP) is 4.18. The smallest absolute Gasteiger partial charge is 0.119 e. The highest BCUT2D eigenvalue weighted by molar-refractivity contribution is 5.83. The summed E-state index contributed by atoms with van der Waals surface area (Å²) in [7, 11) is 0. The zero-order valence-electron chi connectivity index (χ0n) is 9.57. The van der Waals surface area contributed by atoms with Crippen molar-refractivity contribution >= 4 is 10.8 Å². The van der Waals surface area contributed by atoms with Gasteiger partial charge in [0, 0.05) is 6.42 Å². The second-order valence-electron chi connectivity index (χ2n) is 4.06. The lowest BCUT2D eigenvalue weighted by Crippen LogP contribution is -1.97. The molecule has 1 nitrogen and oxygen atoms in total. The van der Waals surface area contributed by atoms with Gasteiger partial charge in [0.1, 0.15) is 5.75 Å². The van der Waals surface area contributed by atoms with Gasteiger partial charge in [0.15, 0.2) is 0 Å². The monoisotopic (exact) mass is 212 g/mol. The molecule has 1 heteroatoms. The summed E-state index contributed by atoms with van der Waals surface area (Å²) in [4.78, 5) is 0. The van der Waals surface area contributed by atoms with E-state index in [1.807, 2.05) is 25.1 Å². The van der Waals surface area contributed by atoms with Crippen LogP contribution in [0.5, 0.6) is 5.75 Å². The highest BCUT2D eigenvalue weighted by atomic mass is 16.5. The maximum Gasteiger partial charge on any atom is 0.119 e. The van der Waals surface area contributed by atoms with Crippen LogP contribution in [-0.2, 0) is 0 Å². The van der Waals surface area contributed by atoms with E-state index in [1.54, 1.807) is 0 Å². The van der Waals surface area contributed by atoms with Crippen LogP contribution in [0.2, 0.25) is 0 Å². The molecular formula is C15H16O. The summed E-state index contributed by atoms with van der Waals surface area (Å²) in [5.74, 6) is 0.931. The maximum absolute atomic E-state index is 5.66. The molecule has 0 bridgehead atoms. The van der Waals surface area contributed by atoms with Crippen molar-refractivity contribution in [1.82, 2.24) is 0 Å². The van der Waals surface area contributed by atoms with Crippen molar-refractivity contribution in [3.63, 3.8) is 0 Å². The molecule has 0 radical (unpaired) electrons. The number of ether oxygens (including phenoxy) is 1. The summed E-state index contributed by atoms with van der Waals surface area (Å²) in [5.41, 5.74) is 1.15. The Morgan fingerprint density at radius 3 is 2.62 bits per heavy atom. The van der Waals surface area contributed by atoms with Crippen LogP contribution in [-0.4, -0.2) is 6.61 Å². The molecule has 0 spiro atoms. The van der Waals surface area contributed by atoms with Gasteiger partial charge in [-0.1, -0.05) is 35.9 Å². The first-order valence-electron chi connectivity index (χ1n) is 5.52. The van der Waals surface area contributed by atoms with E-state index in [0.29, 0.717) is 6.61 Å². The third-order valence-electron chi connectivity index (χ3n) is 2.52. The van der Waals surface area contributed by atoms with Gasteiger partial charge < -0.3 is 4.74 Å². The quantitative estimate of drug-likeness (QED) is 0.691. The standard InChI is InChI=1S/C15H16O/c1-12(2)9-10-16-15-8-7-13-5-3-4-6-14(13)11-15/h3-8,11H,1,9-10H2,2H3. The molecule has 0 aromatic heterocycles. The predicted molar refractivity (Wildman–Crippen MR) is 68.9 cm³/mol. The lowest BCUT2D eigenvalue weighted by molar-refractivity contribution is 0.322. The van der Waals surface area contributed by atoms with Gasteiger partial charge in [-0.25, -0.2) is 0 Å². The molecule has 2 rings (SSSR count). The van der Waals surface area contributed by atoms with Gasteiger partial charge in [-0.15, -0.1) is 6.58 Å². The van der Waals surface area contributed by atoms with Crippen molar-refractivity contribution in [2.45, 2.75) is 13.3 Å². The summed E-state index contributed by atoms with van der Waals surface area (Å²) >= 11 is 0. The van der Waals surface area contributed by atoms with Crippen LogP contribution in [0.15, 0.2) is 54.6 Å². The summed E-state index contributed by atoms with van der Waals surface area (Å²) in [6, 6.07) is 14.5. The van der Waals surface area contributed by atoms with Gasteiger partial charge >= 0.3 is 0 Å². The first-order valence-corrected chi connectivity index (χ1v) is 5.52. The van der Waals surface area contributed by atoms with Crippen LogP contribution in [0.25, 0.3) is 10.8 Å². The molecule has 0 amide bonds. The van der Waals surface area contributed by atoms with E-state index in [0.717, 1.165) is 17.7 Å². The lowest BCUT2D eigenvalue weighted by atomic mass is 10.1. The Labute approximate surface area is 96.4 Å². The van der Waals surface area contributed by atoms with Gasteiger partial charge in [-0.3, -0.25) is 0 Å². The van der Waals surface area contributed by atoms with E-state index < -0.39 is 0 Å². The highest BCUT2D eigenvalue weighted by Crippen LogP contribution is 2.20. The largest absolute Gasteiger partial charge is 0.493 e. The van der Waals surface area contributed by atoms with E-state index in [2.05, 4.69) is 30.8 Å². The summed E-state index contributed by atoms with van der Waals surface area (Å²) < 4.78 is 5.66. The average molecular weight is 212 g/mol. The Balaban J connectivity index is 2.10. The minimum absolute atomic E-state index is 0.702. The highest BCUT2D eigenvalue weighted by Gasteiger charge is 1.96. The molecule has 0 saturated carbocycles. The van der Waals surface area contributed by atoms with E-state index in [9.17, 15) is 0 Å². The molecule has 0 unspecified atom stereocenters. The van der Waals surface area contributed by atoms with E-state index in [4.69, 9.17) is 4.74 Å². The van der Waals surface area contributed by atoms with Crippen molar-refractivity contribution in [2.75, 3.05) is 6.61 Å². The number of hydrogen-bond donors (Lipinski definition) is 0. The molecule has 0 aliphatic carbocycles. The summed E-state index contributed by atoms with van der Waals surface area (Å²) in [5, 5.41) is 2.46. The van der Waals surface area contributed by atoms with Crippen molar-refractivity contribution in [3.8, 4) is 5.75 Å². The maximum atomic E-state index is 5.66. The van der Waals surface area contributed by atoms with E-state index >= 15 is 0 Å². The van der Waals surface area contributed by atoms with Gasteiger partial charge in [-0.2, -0.15) is 0 Å². The fraction of sp³-hybridized carbons (Fsp3) is 0.200. The second-order valence-corrected chi connectivity index (χ2v) is 4.06. The van der Waals surface area contributed by atoms with Crippen molar-refractivity contribution in [1.29, 1.82) is 0 Å². The zero-order valence-corrected chi connectivity index (χ0v) is 9.57.